The highest BCUT2D eigenvalue weighted by Crippen LogP contribution is 2.35. The Balaban J connectivity index is 1.47. The van der Waals surface area contributed by atoms with Gasteiger partial charge in [0.15, 0.2) is 0 Å². The Hall–Kier alpha value is -2.11. The lowest BCUT2D eigenvalue weighted by atomic mass is 9.79. The zero-order chi connectivity index (χ0) is 19.6. The molecule has 2 aromatic rings. The van der Waals surface area contributed by atoms with Crippen molar-refractivity contribution in [2.24, 2.45) is 0 Å². The molecule has 1 atom stereocenters. The summed E-state index contributed by atoms with van der Waals surface area (Å²) in [5, 5.41) is 14.8. The first-order chi connectivity index (χ1) is 13.6. The van der Waals surface area contributed by atoms with Crippen LogP contribution in [0.1, 0.15) is 53.6 Å². The maximum absolute atomic E-state index is 12.6. The number of rotatable bonds is 4. The predicted molar refractivity (Wildman–Crippen MR) is 111 cm³/mol. The highest BCUT2D eigenvalue weighted by atomic mass is 35.5. The molecule has 5 nitrogen and oxygen atoms in total. The fourth-order valence-corrected chi connectivity index (χ4v) is 4.51. The van der Waals surface area contributed by atoms with Gasteiger partial charge in [-0.05, 0) is 55.7 Å². The van der Waals surface area contributed by atoms with Gasteiger partial charge in [0.25, 0.3) is 5.91 Å². The first-order valence-corrected chi connectivity index (χ1v) is 10.4. The summed E-state index contributed by atoms with van der Waals surface area (Å²) >= 11 is 6.40. The van der Waals surface area contributed by atoms with Crippen LogP contribution in [-0.4, -0.2) is 40.5 Å². The van der Waals surface area contributed by atoms with Gasteiger partial charge in [-0.15, -0.1) is 0 Å². The van der Waals surface area contributed by atoms with Gasteiger partial charge in [-0.3, -0.25) is 4.79 Å². The number of nitrogens with zero attached hydrogens (tertiary/aromatic N) is 2. The minimum Gasteiger partial charge on any atom is -0.383 e. The van der Waals surface area contributed by atoms with E-state index in [1.807, 2.05) is 23.1 Å². The highest BCUT2D eigenvalue weighted by Gasteiger charge is 2.34. The molecule has 148 valence electrons. The van der Waals surface area contributed by atoms with E-state index in [1.54, 1.807) is 12.3 Å². The predicted octanol–water partition coefficient (Wildman–Crippen LogP) is 4.00. The summed E-state index contributed by atoms with van der Waals surface area (Å²) in [5.74, 6) is 0.480. The number of carbonyl (C=O) groups is 1. The number of piperidine rings is 1. The van der Waals surface area contributed by atoms with Gasteiger partial charge in [-0.25, -0.2) is 4.98 Å². The van der Waals surface area contributed by atoms with Crippen LogP contribution >= 0.6 is 11.6 Å². The number of hydrogen-bond donors (Lipinski definition) is 2. The van der Waals surface area contributed by atoms with Crippen molar-refractivity contribution < 1.29 is 9.90 Å². The number of fused-ring (bicyclic) bond motifs is 1. The Labute approximate surface area is 170 Å². The molecular weight excluding hydrogens is 374 g/mol. The molecule has 0 saturated carbocycles. The van der Waals surface area contributed by atoms with Crippen LogP contribution in [0.4, 0.5) is 5.82 Å². The molecule has 2 N–H and O–H groups in total. The smallest absolute Gasteiger partial charge is 0.255 e. The van der Waals surface area contributed by atoms with Crippen LogP contribution in [0, 0.1) is 0 Å². The van der Waals surface area contributed by atoms with Crippen molar-refractivity contribution in [2.45, 2.75) is 44.1 Å². The van der Waals surface area contributed by atoms with Crippen molar-refractivity contribution >= 4 is 23.3 Å². The number of nitrogens with one attached hydrogen (secondary N) is 1. The molecule has 1 aromatic heterocycles. The Morgan fingerprint density at radius 1 is 1.21 bits per heavy atom. The number of benzene rings is 1. The number of aliphatic hydroxyl groups is 1. The Kier molecular flexibility index (Phi) is 5.56. The summed E-state index contributed by atoms with van der Waals surface area (Å²) in [4.78, 5) is 18.9. The molecule has 28 heavy (non-hydrogen) atoms. The summed E-state index contributed by atoms with van der Waals surface area (Å²) in [6.07, 6.45) is 7.48. The second-order valence-corrected chi connectivity index (χ2v) is 8.21. The number of carbonyl (C=O) groups excluding carboxylic acids is 1. The van der Waals surface area contributed by atoms with E-state index >= 15 is 0 Å². The van der Waals surface area contributed by atoms with Crippen LogP contribution < -0.4 is 5.32 Å². The molecule has 2 aliphatic rings. The fraction of sp³-hybridized carbons (Fsp3) is 0.455. The van der Waals surface area contributed by atoms with E-state index < -0.39 is 5.60 Å². The lowest BCUT2D eigenvalue weighted by Crippen LogP contribution is -2.38. The third-order valence-corrected chi connectivity index (χ3v) is 6.12. The molecule has 1 unspecified atom stereocenters. The quantitative estimate of drug-likeness (QED) is 0.815. The largest absolute Gasteiger partial charge is 0.383 e. The molecular formula is C22H26ClN3O2. The van der Waals surface area contributed by atoms with Gasteiger partial charge in [0.05, 0.1) is 10.6 Å². The zero-order valence-corrected chi connectivity index (χ0v) is 16.7. The lowest BCUT2D eigenvalue weighted by Gasteiger charge is -2.35. The number of amides is 1. The molecule has 2 heterocycles. The summed E-state index contributed by atoms with van der Waals surface area (Å²) in [5.41, 5.74) is 1.74. The van der Waals surface area contributed by atoms with Gasteiger partial charge >= 0.3 is 0 Å². The van der Waals surface area contributed by atoms with E-state index in [-0.39, 0.29) is 5.91 Å². The number of pyridine rings is 1. The van der Waals surface area contributed by atoms with E-state index in [0.717, 1.165) is 44.3 Å². The summed E-state index contributed by atoms with van der Waals surface area (Å²) < 4.78 is 0. The Morgan fingerprint density at radius 2 is 2.00 bits per heavy atom. The average molecular weight is 400 g/mol. The maximum atomic E-state index is 12.6. The number of hydrogen-bond acceptors (Lipinski definition) is 4. The van der Waals surface area contributed by atoms with E-state index in [4.69, 9.17) is 11.6 Å². The molecule has 0 spiro atoms. The molecule has 1 fully saturated rings. The van der Waals surface area contributed by atoms with Gasteiger partial charge in [-0.1, -0.05) is 35.9 Å². The molecule has 1 aromatic carbocycles. The van der Waals surface area contributed by atoms with E-state index in [0.29, 0.717) is 29.4 Å². The van der Waals surface area contributed by atoms with Gasteiger partial charge in [0, 0.05) is 25.8 Å². The zero-order valence-electron chi connectivity index (χ0n) is 16.0. The lowest BCUT2D eigenvalue weighted by molar-refractivity contribution is 0.0322. The number of likely N-dealkylation sites (tertiary alicyclic amines) is 1. The SMILES string of the molecule is O=C(c1cnc(NCC2(O)CCCc3ccccc32)c(Cl)c1)N1CCCCC1. The van der Waals surface area contributed by atoms with Gasteiger partial charge in [-0.2, -0.15) is 0 Å². The molecule has 1 amide bonds. The van der Waals surface area contributed by atoms with E-state index in [9.17, 15) is 9.90 Å². The topological polar surface area (TPSA) is 65.5 Å². The monoisotopic (exact) mass is 399 g/mol. The van der Waals surface area contributed by atoms with Crippen LogP contribution in [0.15, 0.2) is 36.5 Å². The summed E-state index contributed by atoms with van der Waals surface area (Å²) in [6, 6.07) is 9.71. The maximum Gasteiger partial charge on any atom is 0.255 e. The first kappa shape index (κ1) is 19.2. The normalized spacial score (nSPS) is 21.9. The van der Waals surface area contributed by atoms with Crippen LogP contribution in [-0.2, 0) is 12.0 Å². The van der Waals surface area contributed by atoms with Crippen molar-refractivity contribution in [1.29, 1.82) is 0 Å². The van der Waals surface area contributed by atoms with E-state index in [1.165, 1.54) is 12.0 Å². The third-order valence-electron chi connectivity index (χ3n) is 5.83. The van der Waals surface area contributed by atoms with Crippen LogP contribution in [0.5, 0.6) is 0 Å². The summed E-state index contributed by atoms with van der Waals surface area (Å²) in [7, 11) is 0. The van der Waals surface area contributed by atoms with Crippen LogP contribution in [0.2, 0.25) is 5.02 Å². The minimum atomic E-state index is -0.942. The van der Waals surface area contributed by atoms with Crippen molar-refractivity contribution in [3.8, 4) is 0 Å². The van der Waals surface area contributed by atoms with Gasteiger partial charge in [0.1, 0.15) is 11.4 Å². The molecule has 6 heteroatoms. The molecule has 0 bridgehead atoms. The van der Waals surface area contributed by atoms with Gasteiger partial charge < -0.3 is 15.3 Å². The fourth-order valence-electron chi connectivity index (χ4n) is 4.28. The number of anilines is 1. The molecule has 1 aliphatic carbocycles. The minimum absolute atomic E-state index is 0.0134. The molecule has 4 rings (SSSR count). The van der Waals surface area contributed by atoms with Crippen molar-refractivity contribution in [2.75, 3.05) is 25.0 Å². The molecule has 1 saturated heterocycles. The van der Waals surface area contributed by atoms with Crippen LogP contribution in [0.25, 0.3) is 0 Å². The number of aromatic nitrogens is 1. The highest BCUT2D eigenvalue weighted by molar-refractivity contribution is 6.33. The first-order valence-electron chi connectivity index (χ1n) is 10.1. The number of aryl methyl sites for hydroxylation is 1. The molecule has 1 aliphatic heterocycles. The Bertz CT molecular complexity index is 867. The second-order valence-electron chi connectivity index (χ2n) is 7.80. The third kappa shape index (κ3) is 3.87. The van der Waals surface area contributed by atoms with Crippen molar-refractivity contribution in [3.05, 3.63) is 58.2 Å². The standard InChI is InChI=1S/C22H26ClN3O2/c23-19-13-17(21(27)26-11-4-1-5-12-26)14-24-20(19)25-15-22(28)10-6-8-16-7-2-3-9-18(16)22/h2-3,7,9,13-14,28H,1,4-6,8,10-12,15H2,(H,24,25). The van der Waals surface area contributed by atoms with Gasteiger partial charge in [0.2, 0.25) is 0 Å². The summed E-state index contributed by atoms with van der Waals surface area (Å²) in [6.45, 7) is 1.92. The van der Waals surface area contributed by atoms with Crippen molar-refractivity contribution in [3.63, 3.8) is 0 Å². The number of halogens is 1. The van der Waals surface area contributed by atoms with Crippen LogP contribution in [0.3, 0.4) is 0 Å². The van der Waals surface area contributed by atoms with E-state index in [2.05, 4.69) is 16.4 Å². The second kappa shape index (κ2) is 8.10. The average Bonchev–Trinajstić information content (AvgIpc) is 2.73. The molecule has 0 radical (unpaired) electrons. The Morgan fingerprint density at radius 3 is 2.79 bits per heavy atom. The van der Waals surface area contributed by atoms with Crippen molar-refractivity contribution in [1.82, 2.24) is 9.88 Å².